The number of rotatable bonds is 3. The van der Waals surface area contributed by atoms with Gasteiger partial charge >= 0.3 is 0 Å². The maximum Gasteiger partial charge on any atom is 0.271 e. The van der Waals surface area contributed by atoms with Crippen molar-refractivity contribution >= 4 is 27.6 Å². The Balaban J connectivity index is 1.75. The lowest BCUT2D eigenvalue weighted by Crippen LogP contribution is -2.23. The standard InChI is InChI=1S/C14H11BrN4O/c15-11-7-17-14-18-12(9-19(14)8-11)13(20)16-6-10-4-2-1-3-5-10/h1-5,7-9H,6H2,(H,16,20). The fraction of sp³-hybridized carbons (Fsp3) is 0.0714. The SMILES string of the molecule is O=C(NCc1ccccc1)c1cn2cc(Br)cnc2n1. The highest BCUT2D eigenvalue weighted by atomic mass is 79.9. The van der Waals surface area contributed by atoms with Crippen LogP contribution in [0.5, 0.6) is 0 Å². The first-order chi connectivity index (χ1) is 9.72. The van der Waals surface area contributed by atoms with Gasteiger partial charge in [0.2, 0.25) is 5.78 Å². The molecule has 1 N–H and O–H groups in total. The summed E-state index contributed by atoms with van der Waals surface area (Å²) in [5, 5.41) is 2.84. The van der Waals surface area contributed by atoms with Crippen molar-refractivity contribution in [2.45, 2.75) is 6.54 Å². The van der Waals surface area contributed by atoms with Gasteiger partial charge in [-0.25, -0.2) is 9.97 Å². The van der Waals surface area contributed by atoms with E-state index in [4.69, 9.17) is 0 Å². The lowest BCUT2D eigenvalue weighted by molar-refractivity contribution is 0.0946. The second-order valence-corrected chi connectivity index (χ2v) is 5.19. The smallest absolute Gasteiger partial charge is 0.271 e. The fourth-order valence-electron chi connectivity index (χ4n) is 1.84. The van der Waals surface area contributed by atoms with Gasteiger partial charge in [0, 0.05) is 25.1 Å². The van der Waals surface area contributed by atoms with Gasteiger partial charge < -0.3 is 5.32 Å². The van der Waals surface area contributed by atoms with Gasteiger partial charge in [0.05, 0.1) is 4.47 Å². The number of nitrogens with one attached hydrogen (secondary N) is 1. The van der Waals surface area contributed by atoms with Crippen LogP contribution in [0.3, 0.4) is 0 Å². The van der Waals surface area contributed by atoms with Crippen LogP contribution in [0.15, 0.2) is 53.4 Å². The summed E-state index contributed by atoms with van der Waals surface area (Å²) in [5.41, 5.74) is 1.40. The number of hydrogen-bond donors (Lipinski definition) is 1. The molecule has 100 valence electrons. The van der Waals surface area contributed by atoms with E-state index in [9.17, 15) is 4.79 Å². The van der Waals surface area contributed by atoms with E-state index >= 15 is 0 Å². The predicted octanol–water partition coefficient (Wildman–Crippen LogP) is 2.42. The second-order valence-electron chi connectivity index (χ2n) is 4.27. The largest absolute Gasteiger partial charge is 0.347 e. The second kappa shape index (κ2) is 5.42. The van der Waals surface area contributed by atoms with Gasteiger partial charge in [-0.2, -0.15) is 0 Å². The molecule has 20 heavy (non-hydrogen) atoms. The molecule has 0 aliphatic rings. The van der Waals surface area contributed by atoms with Gasteiger partial charge in [0.25, 0.3) is 5.91 Å². The minimum Gasteiger partial charge on any atom is -0.347 e. The summed E-state index contributed by atoms with van der Waals surface area (Å²) < 4.78 is 2.54. The number of carbonyl (C=O) groups excluding carboxylic acids is 1. The number of carbonyl (C=O) groups is 1. The summed E-state index contributed by atoms with van der Waals surface area (Å²) >= 11 is 3.33. The molecule has 0 atom stereocenters. The Morgan fingerprint density at radius 1 is 1.25 bits per heavy atom. The average Bonchev–Trinajstić information content (AvgIpc) is 2.89. The van der Waals surface area contributed by atoms with E-state index in [-0.39, 0.29) is 5.91 Å². The van der Waals surface area contributed by atoms with Crippen LogP contribution in [-0.4, -0.2) is 20.3 Å². The van der Waals surface area contributed by atoms with E-state index in [0.29, 0.717) is 18.0 Å². The number of fused-ring (bicyclic) bond motifs is 1. The summed E-state index contributed by atoms with van der Waals surface area (Å²) in [7, 11) is 0. The lowest BCUT2D eigenvalue weighted by Gasteiger charge is -2.02. The third kappa shape index (κ3) is 2.70. The molecule has 0 spiro atoms. The summed E-state index contributed by atoms with van der Waals surface area (Å²) in [6, 6.07) is 9.74. The minimum absolute atomic E-state index is 0.213. The molecule has 3 rings (SSSR count). The van der Waals surface area contributed by atoms with Crippen LogP contribution in [-0.2, 0) is 6.54 Å². The molecule has 5 nitrogen and oxygen atoms in total. The normalized spacial score (nSPS) is 10.7. The van der Waals surface area contributed by atoms with Gasteiger partial charge in [0.15, 0.2) is 0 Å². The predicted molar refractivity (Wildman–Crippen MR) is 78.3 cm³/mol. The average molecular weight is 331 g/mol. The van der Waals surface area contributed by atoms with Gasteiger partial charge in [-0.05, 0) is 21.5 Å². The Morgan fingerprint density at radius 2 is 2.05 bits per heavy atom. The van der Waals surface area contributed by atoms with Crippen LogP contribution in [0.2, 0.25) is 0 Å². The number of imidazole rings is 1. The third-order valence-corrected chi connectivity index (χ3v) is 3.22. The molecule has 2 aromatic heterocycles. The molecular weight excluding hydrogens is 320 g/mol. The molecule has 0 unspecified atom stereocenters. The summed E-state index contributed by atoms with van der Waals surface area (Å²) in [5.74, 6) is 0.286. The molecule has 0 fully saturated rings. The molecule has 0 aliphatic heterocycles. The maximum absolute atomic E-state index is 12.0. The fourth-order valence-corrected chi connectivity index (χ4v) is 2.16. The molecule has 0 aliphatic carbocycles. The van der Waals surface area contributed by atoms with Crippen molar-refractivity contribution in [1.82, 2.24) is 19.7 Å². The number of aromatic nitrogens is 3. The number of hydrogen-bond acceptors (Lipinski definition) is 3. The van der Waals surface area contributed by atoms with Gasteiger partial charge in [0.1, 0.15) is 5.69 Å². The highest BCUT2D eigenvalue weighted by Gasteiger charge is 2.11. The zero-order valence-electron chi connectivity index (χ0n) is 10.5. The molecule has 0 radical (unpaired) electrons. The molecule has 3 aromatic rings. The van der Waals surface area contributed by atoms with Crippen LogP contribution in [0.4, 0.5) is 0 Å². The number of halogens is 1. The van der Waals surface area contributed by atoms with Crippen LogP contribution in [0.25, 0.3) is 5.78 Å². The molecule has 2 heterocycles. The van der Waals surface area contributed by atoms with Gasteiger partial charge in [-0.3, -0.25) is 9.20 Å². The van der Waals surface area contributed by atoms with E-state index in [1.54, 1.807) is 16.8 Å². The molecular formula is C14H11BrN4O. The van der Waals surface area contributed by atoms with Crippen LogP contribution < -0.4 is 5.32 Å². The Morgan fingerprint density at radius 3 is 2.85 bits per heavy atom. The molecule has 1 aromatic carbocycles. The van der Waals surface area contributed by atoms with E-state index in [2.05, 4.69) is 31.2 Å². The first-order valence-electron chi connectivity index (χ1n) is 6.05. The summed E-state index contributed by atoms with van der Waals surface area (Å²) in [4.78, 5) is 20.4. The molecule has 6 heteroatoms. The van der Waals surface area contributed by atoms with Gasteiger partial charge in [-0.15, -0.1) is 0 Å². The van der Waals surface area contributed by atoms with E-state index in [1.807, 2.05) is 36.5 Å². The Labute approximate surface area is 123 Å². The highest BCUT2D eigenvalue weighted by Crippen LogP contribution is 2.10. The molecule has 0 saturated carbocycles. The Bertz CT molecular complexity index is 754. The van der Waals surface area contributed by atoms with E-state index in [0.717, 1.165) is 10.0 Å². The number of benzene rings is 1. The molecule has 0 bridgehead atoms. The Hall–Kier alpha value is -2.21. The van der Waals surface area contributed by atoms with Crippen molar-refractivity contribution in [1.29, 1.82) is 0 Å². The quantitative estimate of drug-likeness (QED) is 0.802. The van der Waals surface area contributed by atoms with Crippen molar-refractivity contribution in [3.8, 4) is 0 Å². The van der Waals surface area contributed by atoms with Gasteiger partial charge in [-0.1, -0.05) is 30.3 Å². The maximum atomic E-state index is 12.0. The Kier molecular flexibility index (Phi) is 3.47. The van der Waals surface area contributed by atoms with Crippen LogP contribution in [0.1, 0.15) is 16.1 Å². The highest BCUT2D eigenvalue weighted by molar-refractivity contribution is 9.10. The number of amides is 1. The first-order valence-corrected chi connectivity index (χ1v) is 6.84. The zero-order chi connectivity index (χ0) is 13.9. The lowest BCUT2D eigenvalue weighted by atomic mass is 10.2. The van der Waals surface area contributed by atoms with Crippen molar-refractivity contribution < 1.29 is 4.79 Å². The monoisotopic (exact) mass is 330 g/mol. The van der Waals surface area contributed by atoms with E-state index < -0.39 is 0 Å². The minimum atomic E-state index is -0.213. The molecule has 1 amide bonds. The zero-order valence-corrected chi connectivity index (χ0v) is 12.0. The third-order valence-electron chi connectivity index (χ3n) is 2.81. The summed E-state index contributed by atoms with van der Waals surface area (Å²) in [6.07, 6.45) is 5.12. The van der Waals surface area contributed by atoms with Crippen molar-refractivity contribution in [2.24, 2.45) is 0 Å². The summed E-state index contributed by atoms with van der Waals surface area (Å²) in [6.45, 7) is 0.477. The first kappa shape index (κ1) is 12.8. The van der Waals surface area contributed by atoms with Crippen molar-refractivity contribution in [2.75, 3.05) is 0 Å². The van der Waals surface area contributed by atoms with Crippen LogP contribution in [0, 0.1) is 0 Å². The number of nitrogens with zero attached hydrogens (tertiary/aromatic N) is 3. The van der Waals surface area contributed by atoms with Crippen molar-refractivity contribution in [3.05, 3.63) is 64.7 Å². The van der Waals surface area contributed by atoms with Crippen molar-refractivity contribution in [3.63, 3.8) is 0 Å². The topological polar surface area (TPSA) is 59.3 Å². The molecule has 0 saturated heterocycles. The van der Waals surface area contributed by atoms with E-state index in [1.165, 1.54) is 0 Å². The van der Waals surface area contributed by atoms with Crippen LogP contribution >= 0.6 is 15.9 Å².